The average molecular weight is 353 g/mol. The molecule has 26 heavy (non-hydrogen) atoms. The molecule has 0 aromatic heterocycles. The van der Waals surface area contributed by atoms with Crippen molar-refractivity contribution in [2.24, 2.45) is 0 Å². The Hall–Kier alpha value is -2.95. The molecule has 0 radical (unpaired) electrons. The number of carbonyl (C=O) groups is 3. The van der Waals surface area contributed by atoms with Crippen LogP contribution in [0.25, 0.3) is 0 Å². The van der Waals surface area contributed by atoms with Crippen molar-refractivity contribution in [1.82, 2.24) is 5.32 Å². The third-order valence-corrected chi connectivity index (χ3v) is 3.91. The molecule has 0 fully saturated rings. The van der Waals surface area contributed by atoms with Crippen LogP contribution in [0, 0.1) is 6.92 Å². The predicted octanol–water partition coefficient (Wildman–Crippen LogP) is 3.10. The van der Waals surface area contributed by atoms with Crippen molar-refractivity contribution in [3.8, 4) is 0 Å². The summed E-state index contributed by atoms with van der Waals surface area (Å²) in [6.45, 7) is 3.77. The molecule has 2 aromatic carbocycles. The lowest BCUT2D eigenvalue weighted by atomic mass is 10.1. The largest absolute Gasteiger partial charge is 0.454 e. The Bertz CT molecular complexity index is 764. The number of amides is 1. The number of benzene rings is 2. The van der Waals surface area contributed by atoms with Gasteiger partial charge in [-0.05, 0) is 37.5 Å². The minimum atomic E-state index is -0.507. The summed E-state index contributed by atoms with van der Waals surface area (Å²) < 4.78 is 5.09. The number of esters is 1. The summed E-state index contributed by atoms with van der Waals surface area (Å²) in [6.07, 6.45) is 1.65. The standard InChI is InChI=1S/C21H23NO4/c1-15-5-9-19(10-6-15)21(25)26-14-20(24)18-11-7-17(8-12-18)4-3-13-22-16(2)23/h5-12H,3-4,13-14H2,1-2H3,(H,22,23). The molecule has 0 aliphatic rings. The van der Waals surface area contributed by atoms with Gasteiger partial charge in [-0.3, -0.25) is 9.59 Å². The highest BCUT2D eigenvalue weighted by Gasteiger charge is 2.11. The Labute approximate surface area is 153 Å². The van der Waals surface area contributed by atoms with Crippen molar-refractivity contribution in [3.63, 3.8) is 0 Å². The summed E-state index contributed by atoms with van der Waals surface area (Å²) in [5.74, 6) is -0.783. The molecule has 0 atom stereocenters. The lowest BCUT2D eigenvalue weighted by molar-refractivity contribution is -0.118. The van der Waals surface area contributed by atoms with Crippen molar-refractivity contribution >= 4 is 17.7 Å². The van der Waals surface area contributed by atoms with E-state index in [4.69, 9.17) is 4.74 Å². The minimum absolute atomic E-state index is 0.0360. The minimum Gasteiger partial charge on any atom is -0.454 e. The van der Waals surface area contributed by atoms with E-state index < -0.39 is 5.97 Å². The SMILES string of the molecule is CC(=O)NCCCc1ccc(C(=O)COC(=O)c2ccc(C)cc2)cc1. The molecule has 0 aliphatic carbocycles. The van der Waals surface area contributed by atoms with Crippen LogP contribution in [0.15, 0.2) is 48.5 Å². The van der Waals surface area contributed by atoms with Gasteiger partial charge in [-0.15, -0.1) is 0 Å². The second-order valence-electron chi connectivity index (χ2n) is 6.15. The lowest BCUT2D eigenvalue weighted by Gasteiger charge is -2.06. The molecule has 0 saturated heterocycles. The van der Waals surface area contributed by atoms with Gasteiger partial charge in [0.1, 0.15) is 0 Å². The number of ether oxygens (including phenoxy) is 1. The van der Waals surface area contributed by atoms with Crippen molar-refractivity contribution in [2.75, 3.05) is 13.2 Å². The maximum absolute atomic E-state index is 12.2. The van der Waals surface area contributed by atoms with E-state index in [-0.39, 0.29) is 18.3 Å². The molecule has 0 heterocycles. The van der Waals surface area contributed by atoms with Crippen LogP contribution in [0.5, 0.6) is 0 Å². The number of hydrogen-bond donors (Lipinski definition) is 1. The summed E-state index contributed by atoms with van der Waals surface area (Å²) in [6, 6.07) is 14.2. The fraction of sp³-hybridized carbons (Fsp3) is 0.286. The molecule has 0 unspecified atom stereocenters. The quantitative estimate of drug-likeness (QED) is 0.450. The first-order valence-corrected chi connectivity index (χ1v) is 8.56. The van der Waals surface area contributed by atoms with Gasteiger partial charge in [0.15, 0.2) is 12.4 Å². The average Bonchev–Trinajstić information content (AvgIpc) is 2.64. The van der Waals surface area contributed by atoms with Crippen LogP contribution in [-0.4, -0.2) is 30.8 Å². The monoisotopic (exact) mass is 353 g/mol. The second-order valence-corrected chi connectivity index (χ2v) is 6.15. The molecule has 0 saturated carbocycles. The lowest BCUT2D eigenvalue weighted by Crippen LogP contribution is -2.21. The third-order valence-electron chi connectivity index (χ3n) is 3.91. The zero-order chi connectivity index (χ0) is 18.9. The highest BCUT2D eigenvalue weighted by molar-refractivity contribution is 5.99. The molecule has 0 spiro atoms. The van der Waals surface area contributed by atoms with Crippen molar-refractivity contribution in [2.45, 2.75) is 26.7 Å². The Morgan fingerprint density at radius 3 is 2.15 bits per heavy atom. The van der Waals surface area contributed by atoms with Gasteiger partial charge in [-0.2, -0.15) is 0 Å². The summed E-state index contributed by atoms with van der Waals surface area (Å²) in [7, 11) is 0. The van der Waals surface area contributed by atoms with E-state index in [2.05, 4.69) is 5.32 Å². The van der Waals surface area contributed by atoms with Gasteiger partial charge in [0.2, 0.25) is 5.91 Å². The van der Waals surface area contributed by atoms with Gasteiger partial charge in [-0.1, -0.05) is 42.0 Å². The Morgan fingerprint density at radius 2 is 1.54 bits per heavy atom. The topological polar surface area (TPSA) is 72.5 Å². The number of hydrogen-bond acceptors (Lipinski definition) is 4. The van der Waals surface area contributed by atoms with E-state index in [1.807, 2.05) is 31.2 Å². The first-order chi connectivity index (χ1) is 12.5. The molecule has 5 heteroatoms. The number of rotatable bonds is 8. The smallest absolute Gasteiger partial charge is 0.338 e. The highest BCUT2D eigenvalue weighted by atomic mass is 16.5. The van der Waals surface area contributed by atoms with Crippen molar-refractivity contribution < 1.29 is 19.1 Å². The van der Waals surface area contributed by atoms with Crippen molar-refractivity contribution in [3.05, 3.63) is 70.8 Å². The molecule has 5 nitrogen and oxygen atoms in total. The first-order valence-electron chi connectivity index (χ1n) is 8.56. The molecule has 2 rings (SSSR count). The molecule has 136 valence electrons. The molecule has 2 aromatic rings. The normalized spacial score (nSPS) is 10.2. The first kappa shape index (κ1) is 19.4. The Balaban J connectivity index is 1.81. The Kier molecular flexibility index (Phi) is 7.09. The summed E-state index contributed by atoms with van der Waals surface area (Å²) in [5.41, 5.74) is 3.07. The Morgan fingerprint density at radius 1 is 0.923 bits per heavy atom. The van der Waals surface area contributed by atoms with Gasteiger partial charge in [0.25, 0.3) is 0 Å². The van der Waals surface area contributed by atoms with Gasteiger partial charge < -0.3 is 10.1 Å². The van der Waals surface area contributed by atoms with E-state index in [1.54, 1.807) is 24.3 Å². The van der Waals surface area contributed by atoms with E-state index in [1.165, 1.54) is 6.92 Å². The maximum Gasteiger partial charge on any atom is 0.338 e. The van der Waals surface area contributed by atoms with Crippen LogP contribution >= 0.6 is 0 Å². The van der Waals surface area contributed by atoms with Crippen molar-refractivity contribution in [1.29, 1.82) is 0 Å². The number of aryl methyl sites for hydroxylation is 2. The zero-order valence-electron chi connectivity index (χ0n) is 15.1. The molecule has 1 N–H and O–H groups in total. The van der Waals surface area contributed by atoms with Crippen LogP contribution in [0.4, 0.5) is 0 Å². The van der Waals surface area contributed by atoms with Gasteiger partial charge in [0.05, 0.1) is 5.56 Å². The van der Waals surface area contributed by atoms with Crippen LogP contribution < -0.4 is 5.32 Å². The second kappa shape index (κ2) is 9.51. The number of nitrogens with one attached hydrogen (secondary N) is 1. The highest BCUT2D eigenvalue weighted by Crippen LogP contribution is 2.09. The van der Waals surface area contributed by atoms with Gasteiger partial charge in [-0.25, -0.2) is 4.79 Å². The van der Waals surface area contributed by atoms with E-state index in [9.17, 15) is 14.4 Å². The van der Waals surface area contributed by atoms with Crippen LogP contribution in [0.1, 0.15) is 45.2 Å². The number of ketones is 1. The maximum atomic E-state index is 12.2. The molecule has 1 amide bonds. The van der Waals surface area contributed by atoms with Crippen LogP contribution in [-0.2, 0) is 16.0 Å². The fourth-order valence-corrected chi connectivity index (χ4v) is 2.40. The van der Waals surface area contributed by atoms with Gasteiger partial charge in [0, 0.05) is 19.0 Å². The van der Waals surface area contributed by atoms with E-state index in [0.29, 0.717) is 17.7 Å². The molecule has 0 aliphatic heterocycles. The molecular formula is C21H23NO4. The molecule has 0 bridgehead atoms. The van der Waals surface area contributed by atoms with Crippen LogP contribution in [0.2, 0.25) is 0 Å². The van der Waals surface area contributed by atoms with Gasteiger partial charge >= 0.3 is 5.97 Å². The number of carbonyl (C=O) groups excluding carboxylic acids is 3. The number of Topliss-reactive ketones (excluding diaryl/α,β-unsaturated/α-hetero) is 1. The summed E-state index contributed by atoms with van der Waals surface area (Å²) in [5, 5.41) is 2.75. The van der Waals surface area contributed by atoms with Crippen LogP contribution in [0.3, 0.4) is 0 Å². The summed E-state index contributed by atoms with van der Waals surface area (Å²) >= 11 is 0. The predicted molar refractivity (Wildman–Crippen MR) is 99.2 cm³/mol. The third kappa shape index (κ3) is 6.16. The summed E-state index contributed by atoms with van der Waals surface area (Å²) in [4.78, 5) is 34.9. The van der Waals surface area contributed by atoms with E-state index >= 15 is 0 Å². The van der Waals surface area contributed by atoms with E-state index in [0.717, 1.165) is 24.0 Å². The fourth-order valence-electron chi connectivity index (χ4n) is 2.40. The molecular weight excluding hydrogens is 330 g/mol. The zero-order valence-corrected chi connectivity index (χ0v) is 15.1.